The lowest BCUT2D eigenvalue weighted by atomic mass is 10.0. The van der Waals surface area contributed by atoms with Gasteiger partial charge in [-0.1, -0.05) is 92.7 Å². The van der Waals surface area contributed by atoms with Crippen molar-refractivity contribution in [1.82, 2.24) is 30.3 Å². The molecule has 0 spiro atoms. The number of fused-ring (bicyclic) bond motifs is 1. The van der Waals surface area contributed by atoms with Gasteiger partial charge in [0.25, 0.3) is 0 Å². The molecule has 1 aromatic heterocycles. The molecule has 4 aromatic rings. The highest BCUT2D eigenvalue weighted by Crippen LogP contribution is 2.22. The van der Waals surface area contributed by atoms with Gasteiger partial charge >= 0.3 is 0 Å². The highest BCUT2D eigenvalue weighted by atomic mass is 16.3. The number of para-hydroxylation sites is 1. The van der Waals surface area contributed by atoms with Crippen molar-refractivity contribution in [2.24, 2.45) is 0 Å². The van der Waals surface area contributed by atoms with Crippen LogP contribution in [0.25, 0.3) is 10.9 Å². The van der Waals surface area contributed by atoms with Crippen molar-refractivity contribution in [2.45, 2.75) is 70.8 Å². The average molecular weight is 711 g/mol. The van der Waals surface area contributed by atoms with E-state index in [1.807, 2.05) is 86.6 Å². The first-order valence-corrected chi connectivity index (χ1v) is 17.7. The van der Waals surface area contributed by atoms with Crippen molar-refractivity contribution in [3.8, 4) is 0 Å². The van der Waals surface area contributed by atoms with E-state index >= 15 is 0 Å². The fourth-order valence-electron chi connectivity index (χ4n) is 6.19. The highest BCUT2D eigenvalue weighted by Gasteiger charge is 2.33. The van der Waals surface area contributed by atoms with E-state index in [1.165, 1.54) is 11.5 Å². The molecule has 4 N–H and O–H groups in total. The van der Waals surface area contributed by atoms with Crippen LogP contribution in [-0.4, -0.2) is 100 Å². The lowest BCUT2D eigenvalue weighted by molar-refractivity contribution is -0.137. The van der Waals surface area contributed by atoms with Gasteiger partial charge in [0.2, 0.25) is 30.0 Å². The molecule has 3 aromatic carbocycles. The number of hydrogen-bond donors (Lipinski definition) is 4. The van der Waals surface area contributed by atoms with Crippen LogP contribution in [-0.2, 0) is 43.4 Å². The van der Waals surface area contributed by atoms with E-state index in [0.717, 1.165) is 24.2 Å². The summed E-state index contributed by atoms with van der Waals surface area (Å²) in [7, 11) is 1.67. The third-order valence-electron chi connectivity index (χ3n) is 9.16. The summed E-state index contributed by atoms with van der Waals surface area (Å²) in [5.74, 6) is -2.16. The summed E-state index contributed by atoms with van der Waals surface area (Å²) in [6, 6.07) is 22.4. The molecule has 0 aliphatic rings. The molecule has 1 heterocycles. The zero-order valence-corrected chi connectivity index (χ0v) is 30.3. The van der Waals surface area contributed by atoms with Gasteiger partial charge in [-0.25, -0.2) is 0 Å². The summed E-state index contributed by atoms with van der Waals surface area (Å²) in [5.41, 5.74) is 2.97. The summed E-state index contributed by atoms with van der Waals surface area (Å²) >= 11 is 0. The molecule has 4 atom stereocenters. The van der Waals surface area contributed by atoms with Gasteiger partial charge in [0, 0.05) is 51.0 Å². The molecule has 2 unspecified atom stereocenters. The van der Waals surface area contributed by atoms with Gasteiger partial charge in [0.15, 0.2) is 0 Å². The topological polar surface area (TPSA) is 153 Å². The molecule has 0 saturated heterocycles. The second-order valence-electron chi connectivity index (χ2n) is 12.9. The molecule has 0 aliphatic carbocycles. The Morgan fingerprint density at radius 1 is 0.788 bits per heavy atom. The zero-order chi connectivity index (χ0) is 37.6. The molecule has 0 aliphatic heterocycles. The number of aliphatic hydroxyl groups excluding tert-OH is 1. The van der Waals surface area contributed by atoms with Gasteiger partial charge in [-0.05, 0) is 42.8 Å². The summed E-state index contributed by atoms with van der Waals surface area (Å²) in [4.78, 5) is 70.5. The van der Waals surface area contributed by atoms with Gasteiger partial charge in [0.05, 0.1) is 11.6 Å². The van der Waals surface area contributed by atoms with Gasteiger partial charge in [-0.2, -0.15) is 0 Å². The number of rotatable bonds is 19. The van der Waals surface area contributed by atoms with E-state index in [2.05, 4.69) is 20.9 Å². The van der Waals surface area contributed by atoms with Crippen molar-refractivity contribution in [1.29, 1.82) is 0 Å². The third kappa shape index (κ3) is 10.8. The molecule has 0 radical (unpaired) electrons. The van der Waals surface area contributed by atoms with Gasteiger partial charge < -0.3 is 30.9 Å². The maximum absolute atomic E-state index is 14.3. The van der Waals surface area contributed by atoms with Gasteiger partial charge in [-0.15, -0.1) is 0 Å². The Kier molecular flexibility index (Phi) is 14.7. The zero-order valence-electron chi connectivity index (χ0n) is 30.3. The third-order valence-corrected chi connectivity index (χ3v) is 9.16. The van der Waals surface area contributed by atoms with Crippen LogP contribution in [0.1, 0.15) is 43.9 Å². The Morgan fingerprint density at radius 2 is 1.38 bits per heavy atom. The van der Waals surface area contributed by atoms with Crippen LogP contribution in [0.4, 0.5) is 0 Å². The van der Waals surface area contributed by atoms with E-state index in [9.17, 15) is 29.1 Å². The second kappa shape index (κ2) is 19.3. The molecule has 0 fully saturated rings. The Balaban J connectivity index is 1.63. The smallest absolute Gasteiger partial charge is 0.245 e. The number of aromatic nitrogens is 1. The quantitative estimate of drug-likeness (QED) is 0.109. The van der Waals surface area contributed by atoms with Crippen LogP contribution in [0.2, 0.25) is 0 Å². The fourth-order valence-corrected chi connectivity index (χ4v) is 6.19. The van der Waals surface area contributed by atoms with Crippen LogP contribution in [0.5, 0.6) is 0 Å². The minimum absolute atomic E-state index is 0.0482. The van der Waals surface area contributed by atoms with Gasteiger partial charge in [-0.3, -0.25) is 28.5 Å². The summed E-state index contributed by atoms with van der Waals surface area (Å²) in [5, 5.41) is 19.6. The molecule has 4 rings (SSSR count). The monoisotopic (exact) mass is 710 g/mol. The molecule has 52 heavy (non-hydrogen) atoms. The molecule has 0 saturated carbocycles. The first-order valence-electron chi connectivity index (χ1n) is 17.7. The number of carbonyl (C=O) groups is 5. The second-order valence-corrected chi connectivity index (χ2v) is 12.9. The van der Waals surface area contributed by atoms with Crippen molar-refractivity contribution in [3.05, 3.63) is 108 Å². The maximum atomic E-state index is 14.3. The number of hydrogen-bond acceptors (Lipinski definition) is 7. The number of nitrogens with one attached hydrogen (secondary N) is 3. The van der Waals surface area contributed by atoms with Crippen LogP contribution in [0.3, 0.4) is 0 Å². The number of amides is 4. The molecular weight excluding hydrogens is 660 g/mol. The number of aliphatic hydroxyl groups is 1. The van der Waals surface area contributed by atoms with Crippen molar-refractivity contribution >= 4 is 40.9 Å². The van der Waals surface area contributed by atoms with Crippen LogP contribution in [0, 0.1) is 0 Å². The summed E-state index contributed by atoms with van der Waals surface area (Å²) in [6.07, 6.45) is 1.24. The van der Waals surface area contributed by atoms with Crippen LogP contribution < -0.4 is 16.0 Å². The van der Waals surface area contributed by atoms with Crippen molar-refractivity contribution < 1.29 is 29.1 Å². The normalized spacial score (nSPS) is 13.5. The molecule has 0 bridgehead atoms. The maximum Gasteiger partial charge on any atom is 0.245 e. The van der Waals surface area contributed by atoms with Crippen molar-refractivity contribution in [2.75, 3.05) is 26.7 Å². The van der Waals surface area contributed by atoms with Crippen LogP contribution in [0.15, 0.2) is 91.1 Å². The minimum atomic E-state index is -1.35. The Morgan fingerprint density at radius 3 is 2.00 bits per heavy atom. The Bertz CT molecular complexity index is 1790. The molecule has 4 amide bonds. The number of benzene rings is 3. The van der Waals surface area contributed by atoms with Gasteiger partial charge in [0.1, 0.15) is 18.1 Å². The molecular formula is C40H50N6O6. The number of carbonyl (C=O) groups excluding carboxylic acids is 5. The van der Waals surface area contributed by atoms with E-state index in [4.69, 9.17) is 0 Å². The predicted molar refractivity (Wildman–Crippen MR) is 201 cm³/mol. The number of nitrogens with zero attached hydrogens (tertiary/aromatic N) is 3. The number of likely N-dealkylation sites (N-methyl/N-ethyl adjacent to an activating group) is 1. The average Bonchev–Trinajstić information content (AvgIpc) is 3.51. The summed E-state index contributed by atoms with van der Waals surface area (Å²) < 4.78 is 1.40. The first-order chi connectivity index (χ1) is 25.0. The van der Waals surface area contributed by atoms with E-state index in [1.54, 1.807) is 30.3 Å². The van der Waals surface area contributed by atoms with E-state index < -0.39 is 42.0 Å². The molecule has 12 heteroatoms. The summed E-state index contributed by atoms with van der Waals surface area (Å²) in [6.45, 7) is 7.69. The largest absolute Gasteiger partial charge is 0.391 e. The highest BCUT2D eigenvalue weighted by molar-refractivity contribution is 5.96. The first kappa shape index (κ1) is 39.5. The molecule has 12 nitrogen and oxygen atoms in total. The van der Waals surface area contributed by atoms with Crippen LogP contribution >= 0.6 is 0 Å². The minimum Gasteiger partial charge on any atom is -0.391 e. The standard InChI is InChI=1S/C40H50N6O6/c1-5-45(6-2)22-21-36(49)43-37(28(3)48)39(51)41-33(24-31-26-46(27-47)35-20-14-13-19-32(31)35)38(50)42-34(23-29-15-9-7-10-16-29)40(52)44(4)25-30-17-11-8-12-18-30/h7-20,26-28,33-34,37,48H,5-6,21-25H2,1-4H3,(H,41,51)(H,42,50)(H,43,49)/t28?,33-,34+,37?/m1/s1. The SMILES string of the molecule is CCN(CC)CCC(=O)NC(C(=O)N[C@H](Cc1cn(C=O)c2ccccc12)C(=O)N[C@@H](Cc1ccccc1)C(=O)N(C)Cc1ccccc1)C(C)O. The van der Waals surface area contributed by atoms with E-state index in [0.29, 0.717) is 36.0 Å². The lowest BCUT2D eigenvalue weighted by Gasteiger charge is -2.28. The lowest BCUT2D eigenvalue weighted by Crippen LogP contribution is -2.59. The fraction of sp³-hybridized carbons (Fsp3) is 0.375. The Hall–Kier alpha value is -5.33. The van der Waals surface area contributed by atoms with E-state index in [-0.39, 0.29) is 25.2 Å². The Labute approximate surface area is 305 Å². The predicted octanol–water partition coefficient (Wildman–Crippen LogP) is 2.69. The van der Waals surface area contributed by atoms with Crippen molar-refractivity contribution in [3.63, 3.8) is 0 Å². The molecule has 276 valence electrons.